The maximum atomic E-state index is 5.75. The summed E-state index contributed by atoms with van der Waals surface area (Å²) in [4.78, 5) is 2.52. The molecular weight excluding hydrogens is 224 g/mol. The fourth-order valence-corrected chi connectivity index (χ4v) is 2.74. The Morgan fingerprint density at radius 3 is 2.50 bits per heavy atom. The first-order valence-electron chi connectivity index (χ1n) is 7.73. The smallest absolute Gasteiger partial charge is 0.0678 e. The molecule has 1 saturated heterocycles. The number of ether oxygens (including phenoxy) is 1. The van der Waals surface area contributed by atoms with Crippen molar-refractivity contribution in [3.05, 3.63) is 0 Å². The van der Waals surface area contributed by atoms with Crippen molar-refractivity contribution < 1.29 is 4.74 Å². The van der Waals surface area contributed by atoms with Crippen LogP contribution in [0.2, 0.25) is 0 Å². The van der Waals surface area contributed by atoms with Crippen molar-refractivity contribution in [2.75, 3.05) is 26.2 Å². The molecule has 1 heterocycles. The summed E-state index contributed by atoms with van der Waals surface area (Å²) >= 11 is 0. The number of hydrogen-bond acceptors (Lipinski definition) is 3. The lowest BCUT2D eigenvalue weighted by molar-refractivity contribution is -0.0675. The minimum absolute atomic E-state index is 0.385. The lowest BCUT2D eigenvalue weighted by Crippen LogP contribution is -2.48. The summed E-state index contributed by atoms with van der Waals surface area (Å²) in [6.45, 7) is 13.3. The summed E-state index contributed by atoms with van der Waals surface area (Å²) in [5.41, 5.74) is 0. The van der Waals surface area contributed by atoms with Gasteiger partial charge in [0.2, 0.25) is 0 Å². The van der Waals surface area contributed by atoms with Crippen molar-refractivity contribution >= 4 is 0 Å². The summed E-state index contributed by atoms with van der Waals surface area (Å²) in [6, 6.07) is 0.660. The lowest BCUT2D eigenvalue weighted by Gasteiger charge is -2.35. The average molecular weight is 256 g/mol. The fraction of sp³-hybridized carbons (Fsp3) is 1.00. The number of hydrogen-bond donors (Lipinski definition) is 1. The van der Waals surface area contributed by atoms with Gasteiger partial charge >= 0.3 is 0 Å². The molecule has 0 aromatic heterocycles. The second-order valence-corrected chi connectivity index (χ2v) is 5.87. The highest BCUT2D eigenvalue weighted by Crippen LogP contribution is 2.09. The molecule has 3 heteroatoms. The first kappa shape index (κ1) is 15.9. The van der Waals surface area contributed by atoms with Crippen molar-refractivity contribution in [3.63, 3.8) is 0 Å². The third-order valence-corrected chi connectivity index (χ3v) is 3.66. The second-order valence-electron chi connectivity index (χ2n) is 5.87. The molecule has 0 aliphatic carbocycles. The highest BCUT2D eigenvalue weighted by molar-refractivity contribution is 4.74. The predicted octanol–water partition coefficient (Wildman–Crippen LogP) is 2.65. The molecule has 3 atom stereocenters. The van der Waals surface area contributed by atoms with E-state index in [2.05, 4.69) is 37.9 Å². The fourth-order valence-electron chi connectivity index (χ4n) is 2.74. The summed E-state index contributed by atoms with van der Waals surface area (Å²) in [7, 11) is 0. The first-order chi connectivity index (χ1) is 8.61. The Labute approximate surface area is 113 Å². The largest absolute Gasteiger partial charge is 0.373 e. The number of rotatable bonds is 8. The molecule has 0 saturated carbocycles. The molecule has 1 aliphatic rings. The van der Waals surface area contributed by atoms with Crippen LogP contribution in [0.4, 0.5) is 0 Å². The van der Waals surface area contributed by atoms with Crippen LogP contribution in [0.3, 0.4) is 0 Å². The van der Waals surface area contributed by atoms with Gasteiger partial charge in [-0.1, -0.05) is 26.2 Å². The van der Waals surface area contributed by atoms with Crippen molar-refractivity contribution in [3.8, 4) is 0 Å². The zero-order valence-corrected chi connectivity index (χ0v) is 12.7. The number of morpholine rings is 1. The quantitative estimate of drug-likeness (QED) is 0.676. The maximum absolute atomic E-state index is 5.75. The first-order valence-corrected chi connectivity index (χ1v) is 7.73. The Morgan fingerprint density at radius 1 is 1.22 bits per heavy atom. The van der Waals surface area contributed by atoms with Crippen LogP contribution in [-0.4, -0.2) is 49.3 Å². The van der Waals surface area contributed by atoms with E-state index >= 15 is 0 Å². The van der Waals surface area contributed by atoms with E-state index in [4.69, 9.17) is 4.74 Å². The highest BCUT2D eigenvalue weighted by Gasteiger charge is 2.21. The van der Waals surface area contributed by atoms with E-state index in [0.29, 0.717) is 18.2 Å². The standard InChI is InChI=1S/C15H32N2O/c1-5-6-7-8-13(2)16-9-10-17-11-14(3)18-15(4)12-17/h13-16H,5-12H2,1-4H3. The van der Waals surface area contributed by atoms with Gasteiger partial charge in [0.05, 0.1) is 12.2 Å². The van der Waals surface area contributed by atoms with Crippen LogP contribution < -0.4 is 5.32 Å². The topological polar surface area (TPSA) is 24.5 Å². The molecule has 0 spiro atoms. The molecule has 108 valence electrons. The Kier molecular flexibility index (Phi) is 7.87. The molecule has 0 aromatic carbocycles. The van der Waals surface area contributed by atoms with Gasteiger partial charge in [0.1, 0.15) is 0 Å². The van der Waals surface area contributed by atoms with Crippen LogP contribution in [-0.2, 0) is 4.74 Å². The van der Waals surface area contributed by atoms with E-state index in [-0.39, 0.29) is 0 Å². The van der Waals surface area contributed by atoms with Crippen LogP contribution >= 0.6 is 0 Å². The molecular formula is C15H32N2O. The molecule has 3 nitrogen and oxygen atoms in total. The predicted molar refractivity (Wildman–Crippen MR) is 78.1 cm³/mol. The molecule has 18 heavy (non-hydrogen) atoms. The zero-order chi connectivity index (χ0) is 13.4. The number of unbranched alkanes of at least 4 members (excludes halogenated alkanes) is 2. The molecule has 0 amide bonds. The van der Waals surface area contributed by atoms with Gasteiger partial charge in [-0.3, -0.25) is 4.90 Å². The van der Waals surface area contributed by atoms with E-state index in [9.17, 15) is 0 Å². The Morgan fingerprint density at radius 2 is 1.89 bits per heavy atom. The van der Waals surface area contributed by atoms with Gasteiger partial charge in [-0.15, -0.1) is 0 Å². The SMILES string of the molecule is CCCCCC(C)NCCN1CC(C)OC(C)C1. The Hall–Kier alpha value is -0.120. The van der Waals surface area contributed by atoms with Crippen LogP contribution in [0.25, 0.3) is 0 Å². The summed E-state index contributed by atoms with van der Waals surface area (Å²) in [5.74, 6) is 0. The maximum Gasteiger partial charge on any atom is 0.0678 e. The molecule has 1 aliphatic heterocycles. The van der Waals surface area contributed by atoms with Crippen molar-refractivity contribution in [2.24, 2.45) is 0 Å². The molecule has 0 aromatic rings. The van der Waals surface area contributed by atoms with E-state index in [1.165, 1.54) is 25.7 Å². The van der Waals surface area contributed by atoms with Crippen LogP contribution in [0.5, 0.6) is 0 Å². The van der Waals surface area contributed by atoms with Gasteiger partial charge in [-0.25, -0.2) is 0 Å². The van der Waals surface area contributed by atoms with Gasteiger partial charge < -0.3 is 10.1 Å². The number of nitrogens with one attached hydrogen (secondary N) is 1. The van der Waals surface area contributed by atoms with Gasteiger partial charge in [0.25, 0.3) is 0 Å². The Bertz CT molecular complexity index is 201. The van der Waals surface area contributed by atoms with Gasteiger partial charge in [-0.2, -0.15) is 0 Å². The summed E-state index contributed by atoms with van der Waals surface area (Å²) in [5, 5.41) is 3.64. The lowest BCUT2D eigenvalue weighted by atomic mass is 10.1. The van der Waals surface area contributed by atoms with Gasteiger partial charge in [0, 0.05) is 32.2 Å². The zero-order valence-electron chi connectivity index (χ0n) is 12.7. The molecule has 1 rings (SSSR count). The number of nitrogens with zero attached hydrogens (tertiary/aromatic N) is 1. The van der Waals surface area contributed by atoms with Gasteiger partial charge in [0.15, 0.2) is 0 Å². The normalized spacial score (nSPS) is 27.3. The average Bonchev–Trinajstić information content (AvgIpc) is 2.28. The van der Waals surface area contributed by atoms with Crippen LogP contribution in [0.1, 0.15) is 53.4 Å². The molecule has 3 unspecified atom stereocenters. The minimum Gasteiger partial charge on any atom is -0.373 e. The molecule has 1 N–H and O–H groups in total. The third-order valence-electron chi connectivity index (χ3n) is 3.66. The van der Waals surface area contributed by atoms with E-state index < -0.39 is 0 Å². The minimum atomic E-state index is 0.385. The molecule has 1 fully saturated rings. The second kappa shape index (κ2) is 8.89. The van der Waals surface area contributed by atoms with Crippen LogP contribution in [0, 0.1) is 0 Å². The third kappa shape index (κ3) is 6.72. The highest BCUT2D eigenvalue weighted by atomic mass is 16.5. The van der Waals surface area contributed by atoms with E-state index in [0.717, 1.165) is 26.2 Å². The monoisotopic (exact) mass is 256 g/mol. The van der Waals surface area contributed by atoms with Crippen molar-refractivity contribution in [2.45, 2.75) is 71.6 Å². The van der Waals surface area contributed by atoms with Crippen molar-refractivity contribution in [1.82, 2.24) is 10.2 Å². The van der Waals surface area contributed by atoms with Crippen LogP contribution in [0.15, 0.2) is 0 Å². The van der Waals surface area contributed by atoms with E-state index in [1.807, 2.05) is 0 Å². The summed E-state index contributed by atoms with van der Waals surface area (Å²) < 4.78 is 5.75. The van der Waals surface area contributed by atoms with E-state index in [1.54, 1.807) is 0 Å². The van der Waals surface area contributed by atoms with Gasteiger partial charge in [-0.05, 0) is 27.2 Å². The molecule has 0 radical (unpaired) electrons. The summed E-state index contributed by atoms with van der Waals surface area (Å²) in [6.07, 6.45) is 6.12. The molecule has 0 bridgehead atoms. The van der Waals surface area contributed by atoms with Crippen molar-refractivity contribution in [1.29, 1.82) is 0 Å². The Balaban J connectivity index is 2.06.